The number of hydrogen-bond acceptors (Lipinski definition) is 3. The summed E-state index contributed by atoms with van der Waals surface area (Å²) in [5.74, 6) is -0.633. The van der Waals surface area contributed by atoms with Gasteiger partial charge < -0.3 is 15.0 Å². The zero-order valence-electron chi connectivity index (χ0n) is 20.6. The van der Waals surface area contributed by atoms with Crippen LogP contribution in [0.4, 0.5) is 9.18 Å². The van der Waals surface area contributed by atoms with Gasteiger partial charge in [0.2, 0.25) is 0 Å². The summed E-state index contributed by atoms with van der Waals surface area (Å²) < 4.78 is 20.4. The van der Waals surface area contributed by atoms with Crippen molar-refractivity contribution < 1.29 is 18.7 Å². The predicted molar refractivity (Wildman–Crippen MR) is 149 cm³/mol. The standard InChI is InChI=1S/C29H29Br2FN2O3/c1-37-27(35)29(22-9-11-23(30)12-10-22)15-17-34(18-16-29)28(36)33-26(14-7-20-5-3-2-4-6-20)21-8-13-25(32)24(31)19-21/h2-6,8-13,19,26H,7,14-18H2,1H3,(H,33,36). The van der Waals surface area contributed by atoms with Gasteiger partial charge in [-0.2, -0.15) is 0 Å². The Morgan fingerprint density at radius 1 is 1.03 bits per heavy atom. The fourth-order valence-corrected chi connectivity index (χ4v) is 5.57. The van der Waals surface area contributed by atoms with E-state index in [4.69, 9.17) is 4.74 Å². The third kappa shape index (κ3) is 6.41. The van der Waals surface area contributed by atoms with Gasteiger partial charge in [0.1, 0.15) is 5.82 Å². The molecule has 1 saturated heterocycles. The van der Waals surface area contributed by atoms with Gasteiger partial charge in [0, 0.05) is 17.6 Å². The van der Waals surface area contributed by atoms with Gasteiger partial charge in [-0.25, -0.2) is 9.18 Å². The summed E-state index contributed by atoms with van der Waals surface area (Å²) >= 11 is 6.71. The Morgan fingerprint density at radius 2 is 1.70 bits per heavy atom. The number of aryl methyl sites for hydroxylation is 1. The lowest BCUT2D eigenvalue weighted by Crippen LogP contribution is -2.52. The molecule has 0 radical (unpaired) electrons. The molecule has 0 bridgehead atoms. The number of urea groups is 1. The van der Waals surface area contributed by atoms with Crippen LogP contribution < -0.4 is 5.32 Å². The molecule has 3 aromatic carbocycles. The Kier molecular flexibility index (Phi) is 9.03. The number of halogens is 3. The van der Waals surface area contributed by atoms with E-state index in [2.05, 4.69) is 49.3 Å². The third-order valence-electron chi connectivity index (χ3n) is 7.09. The van der Waals surface area contributed by atoms with Crippen molar-refractivity contribution in [3.63, 3.8) is 0 Å². The maximum atomic E-state index is 13.9. The number of hydrogen-bond donors (Lipinski definition) is 1. The topological polar surface area (TPSA) is 58.6 Å². The molecule has 0 aliphatic carbocycles. The predicted octanol–water partition coefficient (Wildman–Crippen LogP) is 6.94. The number of likely N-dealkylation sites (tertiary alicyclic amines) is 1. The number of nitrogens with one attached hydrogen (secondary N) is 1. The van der Waals surface area contributed by atoms with Crippen molar-refractivity contribution in [3.8, 4) is 0 Å². The number of carbonyl (C=O) groups excluding carboxylic acids is 2. The van der Waals surface area contributed by atoms with Gasteiger partial charge in [-0.1, -0.05) is 64.5 Å². The molecule has 37 heavy (non-hydrogen) atoms. The van der Waals surface area contributed by atoms with E-state index in [1.807, 2.05) is 42.5 Å². The minimum absolute atomic E-state index is 0.201. The fraction of sp³-hybridized carbons (Fsp3) is 0.310. The van der Waals surface area contributed by atoms with Crippen molar-refractivity contribution in [2.45, 2.75) is 37.1 Å². The highest BCUT2D eigenvalue weighted by molar-refractivity contribution is 9.10. The van der Waals surface area contributed by atoms with Crippen molar-refractivity contribution in [2.24, 2.45) is 0 Å². The monoisotopic (exact) mass is 630 g/mol. The first-order valence-electron chi connectivity index (χ1n) is 12.2. The van der Waals surface area contributed by atoms with E-state index in [0.29, 0.717) is 36.8 Å². The Bertz CT molecular complexity index is 1230. The van der Waals surface area contributed by atoms with Crippen LogP contribution in [0.3, 0.4) is 0 Å². The molecule has 1 N–H and O–H groups in total. The van der Waals surface area contributed by atoms with Crippen LogP contribution in [0.1, 0.15) is 42.0 Å². The van der Waals surface area contributed by atoms with Gasteiger partial charge in [0.25, 0.3) is 0 Å². The number of nitrogens with zero attached hydrogens (tertiary/aromatic N) is 1. The van der Waals surface area contributed by atoms with Gasteiger partial charge in [0.15, 0.2) is 0 Å². The Balaban J connectivity index is 1.49. The first-order valence-corrected chi connectivity index (χ1v) is 13.8. The molecule has 3 aromatic rings. The molecule has 5 nitrogen and oxygen atoms in total. The molecular formula is C29H29Br2FN2O3. The highest BCUT2D eigenvalue weighted by Crippen LogP contribution is 2.37. The molecule has 1 aliphatic heterocycles. The summed E-state index contributed by atoms with van der Waals surface area (Å²) in [5.41, 5.74) is 2.09. The molecule has 0 saturated carbocycles. The van der Waals surface area contributed by atoms with Crippen LogP contribution in [0.5, 0.6) is 0 Å². The largest absolute Gasteiger partial charge is 0.468 e. The number of piperidine rings is 1. The van der Waals surface area contributed by atoms with E-state index < -0.39 is 5.41 Å². The number of methoxy groups -OCH3 is 1. The zero-order valence-corrected chi connectivity index (χ0v) is 23.7. The van der Waals surface area contributed by atoms with Crippen LogP contribution in [0.15, 0.2) is 81.7 Å². The average Bonchev–Trinajstić information content (AvgIpc) is 2.93. The number of esters is 1. The number of benzene rings is 3. The molecule has 194 valence electrons. The van der Waals surface area contributed by atoms with Crippen LogP contribution in [0.2, 0.25) is 0 Å². The summed E-state index contributed by atoms with van der Waals surface area (Å²) in [5, 5.41) is 3.16. The summed E-state index contributed by atoms with van der Waals surface area (Å²) in [4.78, 5) is 28.0. The van der Waals surface area contributed by atoms with Crippen LogP contribution in [0.25, 0.3) is 0 Å². The number of ether oxygens (including phenoxy) is 1. The van der Waals surface area contributed by atoms with Crippen LogP contribution >= 0.6 is 31.9 Å². The quantitative estimate of drug-likeness (QED) is 0.287. The molecule has 8 heteroatoms. The van der Waals surface area contributed by atoms with Crippen molar-refractivity contribution in [3.05, 3.63) is 104 Å². The van der Waals surface area contributed by atoms with Crippen molar-refractivity contribution in [2.75, 3.05) is 20.2 Å². The van der Waals surface area contributed by atoms with E-state index in [0.717, 1.165) is 22.0 Å². The van der Waals surface area contributed by atoms with E-state index in [1.165, 1.54) is 18.7 Å². The van der Waals surface area contributed by atoms with Crippen LogP contribution in [0, 0.1) is 5.82 Å². The molecule has 4 rings (SSSR count). The molecule has 1 unspecified atom stereocenters. The number of rotatable bonds is 7. The van der Waals surface area contributed by atoms with E-state index in [-0.39, 0.29) is 23.9 Å². The molecule has 1 fully saturated rings. The zero-order chi connectivity index (χ0) is 26.4. The number of amides is 2. The van der Waals surface area contributed by atoms with Gasteiger partial charge in [0.05, 0.1) is 23.0 Å². The Labute approximate surface area is 233 Å². The summed E-state index contributed by atoms with van der Waals surface area (Å²) in [6, 6.07) is 22.1. The maximum absolute atomic E-state index is 13.9. The van der Waals surface area contributed by atoms with E-state index in [1.54, 1.807) is 17.0 Å². The molecule has 1 heterocycles. The second kappa shape index (κ2) is 12.2. The molecule has 1 aliphatic rings. The van der Waals surface area contributed by atoms with Gasteiger partial charge in [-0.05, 0) is 82.6 Å². The highest BCUT2D eigenvalue weighted by Gasteiger charge is 2.45. The summed E-state index contributed by atoms with van der Waals surface area (Å²) in [6.45, 7) is 0.824. The minimum Gasteiger partial charge on any atom is -0.468 e. The second-order valence-electron chi connectivity index (χ2n) is 9.27. The summed E-state index contributed by atoms with van der Waals surface area (Å²) in [6.07, 6.45) is 2.35. The normalized spacial score (nSPS) is 15.6. The average molecular weight is 632 g/mol. The first-order chi connectivity index (χ1) is 17.8. The maximum Gasteiger partial charge on any atom is 0.317 e. The van der Waals surface area contributed by atoms with Gasteiger partial charge in [-0.15, -0.1) is 0 Å². The summed E-state index contributed by atoms with van der Waals surface area (Å²) in [7, 11) is 1.40. The lowest BCUT2D eigenvalue weighted by Gasteiger charge is -2.40. The van der Waals surface area contributed by atoms with Crippen molar-refractivity contribution in [1.29, 1.82) is 0 Å². The number of carbonyl (C=O) groups is 2. The Morgan fingerprint density at radius 3 is 2.32 bits per heavy atom. The van der Waals surface area contributed by atoms with E-state index >= 15 is 0 Å². The lowest BCUT2D eigenvalue weighted by atomic mass is 9.73. The van der Waals surface area contributed by atoms with Crippen LogP contribution in [-0.2, 0) is 21.4 Å². The smallest absolute Gasteiger partial charge is 0.317 e. The fourth-order valence-electron chi connectivity index (χ4n) is 4.91. The lowest BCUT2D eigenvalue weighted by molar-refractivity contribution is -0.149. The molecule has 2 amide bonds. The van der Waals surface area contributed by atoms with Crippen molar-refractivity contribution in [1.82, 2.24) is 10.2 Å². The van der Waals surface area contributed by atoms with Gasteiger partial charge in [-0.3, -0.25) is 4.79 Å². The van der Waals surface area contributed by atoms with E-state index in [9.17, 15) is 14.0 Å². The van der Waals surface area contributed by atoms with Crippen molar-refractivity contribution >= 4 is 43.9 Å². The third-order valence-corrected chi connectivity index (χ3v) is 8.22. The Hall–Kier alpha value is -2.71. The minimum atomic E-state index is -0.791. The SMILES string of the molecule is COC(=O)C1(c2ccc(Br)cc2)CCN(C(=O)NC(CCc2ccccc2)c2ccc(F)c(Br)c2)CC1. The molecular weight excluding hydrogens is 603 g/mol. The molecule has 0 aromatic heterocycles. The molecule has 0 spiro atoms. The van der Waals surface area contributed by atoms with Gasteiger partial charge >= 0.3 is 12.0 Å². The second-order valence-corrected chi connectivity index (χ2v) is 11.0. The highest BCUT2D eigenvalue weighted by atomic mass is 79.9. The van der Waals surface area contributed by atoms with Crippen LogP contribution in [-0.4, -0.2) is 37.1 Å². The molecule has 1 atom stereocenters. The first kappa shape index (κ1) is 27.3.